The zero-order valence-corrected chi connectivity index (χ0v) is 11.5. The largest absolute Gasteiger partial charge is 0.118 e. The van der Waals surface area contributed by atoms with E-state index in [1.54, 1.807) is 0 Å². The molecule has 0 radical (unpaired) electrons. The fourth-order valence-corrected chi connectivity index (χ4v) is 2.32. The van der Waals surface area contributed by atoms with Gasteiger partial charge in [-0.2, -0.15) is 0 Å². The third-order valence-corrected chi connectivity index (χ3v) is 3.75. The van der Waals surface area contributed by atoms with Gasteiger partial charge in [-0.25, -0.2) is 0 Å². The van der Waals surface area contributed by atoms with Crippen molar-refractivity contribution in [3.8, 4) is 0 Å². The van der Waals surface area contributed by atoms with E-state index in [0.717, 1.165) is 19.3 Å². The molecule has 1 unspecified atom stereocenters. The van der Waals surface area contributed by atoms with E-state index in [1.165, 1.54) is 16.7 Å². The Morgan fingerprint density at radius 1 is 0.889 bits per heavy atom. The van der Waals surface area contributed by atoms with Gasteiger partial charge in [-0.3, -0.25) is 0 Å². The minimum Gasteiger partial charge on any atom is -0.118 e. The zero-order chi connectivity index (χ0) is 12.8. The highest BCUT2D eigenvalue weighted by Crippen LogP contribution is 2.25. The fraction of sp³-hybridized carbons (Fsp3) is 0.294. The van der Waals surface area contributed by atoms with Crippen LogP contribution in [0.2, 0.25) is 0 Å². The normalized spacial score (nSPS) is 12.3. The summed E-state index contributed by atoms with van der Waals surface area (Å²) in [5.41, 5.74) is 3.97. The Morgan fingerprint density at radius 2 is 1.50 bits per heavy atom. The predicted molar refractivity (Wildman–Crippen MR) is 79.2 cm³/mol. The molecule has 0 aromatic heterocycles. The lowest BCUT2D eigenvalue weighted by Gasteiger charge is -2.10. The monoisotopic (exact) mass is 258 g/mol. The maximum atomic E-state index is 6.41. The van der Waals surface area contributed by atoms with Crippen molar-refractivity contribution in [1.82, 2.24) is 0 Å². The molecule has 0 heterocycles. The summed E-state index contributed by atoms with van der Waals surface area (Å²) < 4.78 is 0. The van der Waals surface area contributed by atoms with E-state index in [9.17, 15) is 0 Å². The molecule has 0 saturated heterocycles. The highest BCUT2D eigenvalue weighted by atomic mass is 35.5. The van der Waals surface area contributed by atoms with Crippen LogP contribution in [-0.4, -0.2) is 0 Å². The van der Waals surface area contributed by atoms with Crippen molar-refractivity contribution < 1.29 is 0 Å². The lowest BCUT2D eigenvalue weighted by Crippen LogP contribution is -1.94. The molecule has 0 nitrogen and oxygen atoms in total. The molecule has 18 heavy (non-hydrogen) atoms. The molecule has 2 aromatic rings. The second-order valence-electron chi connectivity index (χ2n) is 4.59. The van der Waals surface area contributed by atoms with Crippen LogP contribution in [-0.2, 0) is 12.8 Å². The van der Waals surface area contributed by atoms with Crippen molar-refractivity contribution in [2.24, 2.45) is 0 Å². The first-order valence-corrected chi connectivity index (χ1v) is 7.00. The molecule has 1 atom stereocenters. The Kier molecular flexibility index (Phi) is 4.83. The van der Waals surface area contributed by atoms with Crippen LogP contribution in [0.5, 0.6) is 0 Å². The summed E-state index contributed by atoms with van der Waals surface area (Å²) in [7, 11) is 0. The van der Waals surface area contributed by atoms with Gasteiger partial charge in [0.05, 0.1) is 5.38 Å². The SMILES string of the molecule is CCc1ccc(CCC(Cl)c2ccccc2)cc1. The summed E-state index contributed by atoms with van der Waals surface area (Å²) in [6.07, 6.45) is 3.12. The van der Waals surface area contributed by atoms with Crippen molar-refractivity contribution >= 4 is 11.6 Å². The quantitative estimate of drug-likeness (QED) is 0.650. The number of hydrogen-bond acceptors (Lipinski definition) is 0. The average Bonchev–Trinajstić information content (AvgIpc) is 2.46. The van der Waals surface area contributed by atoms with Crippen LogP contribution in [0.4, 0.5) is 0 Å². The van der Waals surface area contributed by atoms with Crippen LogP contribution in [0.1, 0.15) is 35.4 Å². The predicted octanol–water partition coefficient (Wildman–Crippen LogP) is 5.16. The third-order valence-electron chi connectivity index (χ3n) is 3.28. The standard InChI is InChI=1S/C17H19Cl/c1-2-14-8-10-15(11-9-14)12-13-17(18)16-6-4-3-5-7-16/h3-11,17H,2,12-13H2,1H3. The maximum Gasteiger partial charge on any atom is 0.0588 e. The number of alkyl halides is 1. The van der Waals surface area contributed by atoms with Gasteiger partial charge in [-0.05, 0) is 36.0 Å². The summed E-state index contributed by atoms with van der Waals surface area (Å²) in [5, 5.41) is 0.108. The van der Waals surface area contributed by atoms with Gasteiger partial charge in [-0.1, -0.05) is 61.5 Å². The van der Waals surface area contributed by atoms with Gasteiger partial charge in [-0.15, -0.1) is 11.6 Å². The summed E-state index contributed by atoms with van der Waals surface area (Å²) in [6, 6.07) is 19.1. The average molecular weight is 259 g/mol. The first-order valence-electron chi connectivity index (χ1n) is 6.56. The highest BCUT2D eigenvalue weighted by Gasteiger charge is 2.07. The Labute approximate surface area is 115 Å². The molecular formula is C17H19Cl. The van der Waals surface area contributed by atoms with Crippen molar-refractivity contribution in [3.63, 3.8) is 0 Å². The second-order valence-corrected chi connectivity index (χ2v) is 5.11. The topological polar surface area (TPSA) is 0 Å². The maximum absolute atomic E-state index is 6.41. The number of hydrogen-bond donors (Lipinski definition) is 0. The van der Waals surface area contributed by atoms with Crippen LogP contribution in [0.15, 0.2) is 54.6 Å². The van der Waals surface area contributed by atoms with Crippen molar-refractivity contribution in [2.45, 2.75) is 31.6 Å². The summed E-state index contributed by atoms with van der Waals surface area (Å²) in [4.78, 5) is 0. The van der Waals surface area contributed by atoms with Crippen LogP contribution in [0.25, 0.3) is 0 Å². The lowest BCUT2D eigenvalue weighted by atomic mass is 10.0. The summed E-state index contributed by atoms with van der Waals surface area (Å²) in [5.74, 6) is 0. The van der Waals surface area contributed by atoms with Crippen LogP contribution >= 0.6 is 11.6 Å². The van der Waals surface area contributed by atoms with Crippen LogP contribution in [0, 0.1) is 0 Å². The van der Waals surface area contributed by atoms with E-state index in [1.807, 2.05) is 18.2 Å². The molecular weight excluding hydrogens is 240 g/mol. The first kappa shape index (κ1) is 13.2. The number of halogens is 1. The Balaban J connectivity index is 1.91. The summed E-state index contributed by atoms with van der Waals surface area (Å²) >= 11 is 6.41. The van der Waals surface area contributed by atoms with E-state index in [2.05, 4.69) is 43.3 Å². The molecule has 2 aromatic carbocycles. The third kappa shape index (κ3) is 3.61. The summed E-state index contributed by atoms with van der Waals surface area (Å²) in [6.45, 7) is 2.18. The second kappa shape index (κ2) is 6.61. The zero-order valence-electron chi connectivity index (χ0n) is 10.8. The van der Waals surface area contributed by atoms with Crippen molar-refractivity contribution in [2.75, 3.05) is 0 Å². The molecule has 0 aliphatic heterocycles. The van der Waals surface area contributed by atoms with Gasteiger partial charge < -0.3 is 0 Å². The van der Waals surface area contributed by atoms with E-state index < -0.39 is 0 Å². The Bertz CT molecular complexity index is 459. The Hall–Kier alpha value is -1.27. The molecule has 0 spiro atoms. The smallest absolute Gasteiger partial charge is 0.0588 e. The van der Waals surface area contributed by atoms with Gasteiger partial charge in [0.15, 0.2) is 0 Å². The van der Waals surface area contributed by atoms with E-state index in [0.29, 0.717) is 0 Å². The fourth-order valence-electron chi connectivity index (χ4n) is 2.06. The number of rotatable bonds is 5. The van der Waals surface area contributed by atoms with E-state index in [-0.39, 0.29) is 5.38 Å². The molecule has 1 heteroatoms. The molecule has 2 rings (SSSR count). The van der Waals surface area contributed by atoms with Gasteiger partial charge in [0.2, 0.25) is 0 Å². The van der Waals surface area contributed by atoms with Gasteiger partial charge in [0.1, 0.15) is 0 Å². The molecule has 0 bridgehead atoms. The van der Waals surface area contributed by atoms with E-state index in [4.69, 9.17) is 11.6 Å². The van der Waals surface area contributed by atoms with Crippen molar-refractivity contribution in [3.05, 3.63) is 71.3 Å². The number of benzene rings is 2. The molecule has 0 N–H and O–H groups in total. The van der Waals surface area contributed by atoms with Gasteiger partial charge in [0.25, 0.3) is 0 Å². The lowest BCUT2D eigenvalue weighted by molar-refractivity contribution is 0.793. The van der Waals surface area contributed by atoms with Crippen LogP contribution < -0.4 is 0 Å². The first-order chi connectivity index (χ1) is 8.79. The minimum atomic E-state index is 0.108. The highest BCUT2D eigenvalue weighted by molar-refractivity contribution is 6.20. The molecule has 0 fully saturated rings. The van der Waals surface area contributed by atoms with Gasteiger partial charge >= 0.3 is 0 Å². The minimum absolute atomic E-state index is 0.108. The molecule has 94 valence electrons. The van der Waals surface area contributed by atoms with E-state index >= 15 is 0 Å². The Morgan fingerprint density at radius 3 is 2.11 bits per heavy atom. The molecule has 0 aliphatic carbocycles. The molecule has 0 saturated carbocycles. The van der Waals surface area contributed by atoms with Crippen molar-refractivity contribution in [1.29, 1.82) is 0 Å². The van der Waals surface area contributed by atoms with Gasteiger partial charge in [0, 0.05) is 0 Å². The molecule has 0 amide bonds. The molecule has 0 aliphatic rings. The van der Waals surface area contributed by atoms with Crippen LogP contribution in [0.3, 0.4) is 0 Å². The number of aryl methyl sites for hydroxylation is 2.